The second-order valence-electron chi connectivity index (χ2n) is 7.43. The molecule has 0 unspecified atom stereocenters. The van der Waals surface area contributed by atoms with Gasteiger partial charge in [-0.25, -0.2) is 0 Å². The maximum Gasteiger partial charge on any atom is 0.198 e. The lowest BCUT2D eigenvalue weighted by Crippen LogP contribution is -2.46. The van der Waals surface area contributed by atoms with Crippen molar-refractivity contribution in [3.63, 3.8) is 0 Å². The third-order valence-corrected chi connectivity index (χ3v) is 5.72. The summed E-state index contributed by atoms with van der Waals surface area (Å²) in [6.07, 6.45) is 8.93. The fraction of sp³-hybridized carbons (Fsp3) is 0.706. The predicted molar refractivity (Wildman–Crippen MR) is 73.0 cm³/mol. The summed E-state index contributed by atoms with van der Waals surface area (Å²) >= 11 is 0. The molecule has 2 nitrogen and oxygen atoms in total. The number of aryl methyl sites for hydroxylation is 1. The molecule has 0 atom stereocenters. The molecule has 4 aliphatic carbocycles. The molecular weight excluding hydrogens is 236 g/mol. The van der Waals surface area contributed by atoms with Gasteiger partial charge < -0.3 is 4.42 Å². The van der Waals surface area contributed by atoms with Crippen molar-refractivity contribution in [3.05, 3.63) is 23.7 Å². The van der Waals surface area contributed by atoms with Gasteiger partial charge in [0.2, 0.25) is 0 Å². The zero-order valence-electron chi connectivity index (χ0n) is 11.7. The molecule has 4 aliphatic rings. The molecule has 0 aromatic carbocycles. The van der Waals surface area contributed by atoms with Crippen LogP contribution in [0.25, 0.3) is 0 Å². The number of ketones is 1. The van der Waals surface area contributed by atoms with Gasteiger partial charge in [0.25, 0.3) is 0 Å². The minimum atomic E-state index is 0.232. The van der Waals surface area contributed by atoms with Crippen molar-refractivity contribution < 1.29 is 9.21 Å². The molecule has 0 saturated heterocycles. The lowest BCUT2D eigenvalue weighted by Gasteiger charge is -2.56. The van der Waals surface area contributed by atoms with Crippen LogP contribution >= 0.6 is 0 Å². The maximum absolute atomic E-state index is 12.4. The van der Waals surface area contributed by atoms with Crippen LogP contribution < -0.4 is 0 Å². The number of furan rings is 1. The van der Waals surface area contributed by atoms with Crippen molar-refractivity contribution in [2.75, 3.05) is 0 Å². The predicted octanol–water partition coefficient (Wildman–Crippen LogP) is 4.38. The summed E-state index contributed by atoms with van der Waals surface area (Å²) in [6.45, 7) is 1.90. The van der Waals surface area contributed by atoms with Crippen molar-refractivity contribution in [1.29, 1.82) is 0 Å². The van der Waals surface area contributed by atoms with E-state index in [1.165, 1.54) is 38.5 Å². The highest BCUT2D eigenvalue weighted by Gasteiger charge is 2.51. The number of hydrogen-bond acceptors (Lipinski definition) is 2. The molecule has 0 N–H and O–H groups in total. The smallest absolute Gasteiger partial charge is 0.198 e. The molecule has 0 aliphatic heterocycles. The van der Waals surface area contributed by atoms with E-state index in [0.29, 0.717) is 11.2 Å². The van der Waals surface area contributed by atoms with Crippen LogP contribution in [0.1, 0.15) is 61.3 Å². The Kier molecular flexibility index (Phi) is 2.46. The Morgan fingerprint density at radius 1 is 1.16 bits per heavy atom. The highest BCUT2D eigenvalue weighted by molar-refractivity contribution is 5.94. The first kappa shape index (κ1) is 11.7. The summed E-state index contributed by atoms with van der Waals surface area (Å²) < 4.78 is 5.51. The largest absolute Gasteiger partial charge is 0.458 e. The van der Waals surface area contributed by atoms with E-state index >= 15 is 0 Å². The van der Waals surface area contributed by atoms with E-state index < -0.39 is 0 Å². The van der Waals surface area contributed by atoms with Gasteiger partial charge >= 0.3 is 0 Å². The fourth-order valence-corrected chi connectivity index (χ4v) is 5.52. The molecule has 4 bridgehead atoms. The lowest BCUT2D eigenvalue weighted by molar-refractivity contribution is -0.0527. The minimum absolute atomic E-state index is 0.232. The quantitative estimate of drug-likeness (QED) is 0.753. The number of carbonyl (C=O) groups is 1. The molecule has 1 aromatic heterocycles. The van der Waals surface area contributed by atoms with Crippen LogP contribution in [0.5, 0.6) is 0 Å². The van der Waals surface area contributed by atoms with Crippen LogP contribution in [0.4, 0.5) is 0 Å². The van der Waals surface area contributed by atoms with Crippen LogP contribution in [0, 0.1) is 30.1 Å². The summed E-state index contributed by atoms with van der Waals surface area (Å²) in [7, 11) is 0. The highest BCUT2D eigenvalue weighted by Crippen LogP contribution is 2.61. The number of rotatable bonds is 3. The van der Waals surface area contributed by atoms with Gasteiger partial charge in [-0.2, -0.15) is 0 Å². The molecule has 1 aromatic rings. The average Bonchev–Trinajstić information content (AvgIpc) is 2.73. The summed E-state index contributed by atoms with van der Waals surface area (Å²) in [5, 5.41) is 0. The van der Waals surface area contributed by atoms with E-state index in [1.54, 1.807) is 0 Å². The molecule has 5 rings (SSSR count). The zero-order valence-corrected chi connectivity index (χ0v) is 11.7. The highest BCUT2D eigenvalue weighted by atomic mass is 16.3. The average molecular weight is 258 g/mol. The Morgan fingerprint density at radius 2 is 1.74 bits per heavy atom. The van der Waals surface area contributed by atoms with Crippen LogP contribution in [0.2, 0.25) is 0 Å². The topological polar surface area (TPSA) is 30.2 Å². The van der Waals surface area contributed by atoms with E-state index in [9.17, 15) is 4.79 Å². The first-order chi connectivity index (χ1) is 9.12. The van der Waals surface area contributed by atoms with E-state index in [1.807, 2.05) is 19.1 Å². The van der Waals surface area contributed by atoms with Crippen molar-refractivity contribution in [2.24, 2.45) is 23.2 Å². The van der Waals surface area contributed by atoms with Crippen molar-refractivity contribution in [1.82, 2.24) is 0 Å². The minimum Gasteiger partial charge on any atom is -0.458 e. The maximum atomic E-state index is 12.4. The lowest BCUT2D eigenvalue weighted by atomic mass is 9.48. The van der Waals surface area contributed by atoms with Gasteiger partial charge in [0.05, 0.1) is 0 Å². The molecule has 19 heavy (non-hydrogen) atoms. The Morgan fingerprint density at radius 3 is 2.21 bits per heavy atom. The van der Waals surface area contributed by atoms with Crippen LogP contribution in [-0.2, 0) is 0 Å². The van der Waals surface area contributed by atoms with Crippen molar-refractivity contribution >= 4 is 5.78 Å². The molecule has 4 saturated carbocycles. The molecule has 4 fully saturated rings. The summed E-state index contributed by atoms with van der Waals surface area (Å²) in [4.78, 5) is 12.4. The van der Waals surface area contributed by atoms with Gasteiger partial charge in [-0.15, -0.1) is 0 Å². The number of Topliss-reactive ketones (excluding diaryl/α,β-unsaturated/α-hetero) is 1. The third kappa shape index (κ3) is 1.96. The molecule has 0 radical (unpaired) electrons. The van der Waals surface area contributed by atoms with Crippen LogP contribution in [-0.4, -0.2) is 5.78 Å². The van der Waals surface area contributed by atoms with E-state index in [0.717, 1.165) is 29.9 Å². The summed E-state index contributed by atoms with van der Waals surface area (Å²) in [5.41, 5.74) is 0.326. The summed E-state index contributed by atoms with van der Waals surface area (Å²) in [6, 6.07) is 3.74. The van der Waals surface area contributed by atoms with Gasteiger partial charge in [-0.1, -0.05) is 0 Å². The second kappa shape index (κ2) is 3.97. The van der Waals surface area contributed by atoms with Gasteiger partial charge in [0, 0.05) is 6.42 Å². The van der Waals surface area contributed by atoms with Crippen molar-refractivity contribution in [2.45, 2.75) is 51.9 Å². The first-order valence-corrected chi connectivity index (χ1v) is 7.72. The van der Waals surface area contributed by atoms with Gasteiger partial charge in [0.15, 0.2) is 11.5 Å². The molecule has 1 heterocycles. The summed E-state index contributed by atoms with van der Waals surface area (Å²) in [5.74, 6) is 4.39. The van der Waals surface area contributed by atoms with Gasteiger partial charge in [0.1, 0.15) is 5.76 Å². The van der Waals surface area contributed by atoms with E-state index in [-0.39, 0.29) is 5.78 Å². The van der Waals surface area contributed by atoms with Gasteiger partial charge in [-0.05, 0) is 80.8 Å². The normalized spacial score (nSPS) is 39.7. The van der Waals surface area contributed by atoms with E-state index in [4.69, 9.17) is 4.42 Å². The zero-order chi connectivity index (χ0) is 13.0. The molecule has 102 valence electrons. The standard InChI is InChI=1S/C17H22O2/c1-11-2-3-16(19-11)15(18)10-17-7-12-4-13(8-17)6-14(5-12)9-17/h2-3,12-14H,4-10H2,1H3. The monoisotopic (exact) mass is 258 g/mol. The number of hydrogen-bond donors (Lipinski definition) is 0. The Balaban J connectivity index is 1.54. The Labute approximate surface area is 114 Å². The third-order valence-electron chi connectivity index (χ3n) is 5.72. The molecular formula is C17H22O2. The Bertz CT molecular complexity index is 476. The van der Waals surface area contributed by atoms with Crippen LogP contribution in [0.3, 0.4) is 0 Å². The molecule has 2 heteroatoms. The first-order valence-electron chi connectivity index (χ1n) is 7.72. The fourth-order valence-electron chi connectivity index (χ4n) is 5.52. The number of carbonyl (C=O) groups excluding carboxylic acids is 1. The second-order valence-corrected chi connectivity index (χ2v) is 7.43. The SMILES string of the molecule is Cc1ccc(C(=O)CC23CC4CC(CC(C4)C2)C3)o1. The van der Waals surface area contributed by atoms with Crippen LogP contribution in [0.15, 0.2) is 16.5 Å². The molecule has 0 spiro atoms. The Hall–Kier alpha value is -1.05. The van der Waals surface area contributed by atoms with Crippen molar-refractivity contribution in [3.8, 4) is 0 Å². The van der Waals surface area contributed by atoms with Gasteiger partial charge in [-0.3, -0.25) is 4.79 Å². The van der Waals surface area contributed by atoms with E-state index in [2.05, 4.69) is 0 Å². The molecule has 0 amide bonds.